The number of aryl methyl sites for hydroxylation is 1. The second-order valence-electron chi connectivity index (χ2n) is 5.87. The number of nitrogens with one attached hydrogen (secondary N) is 1. The van der Waals surface area contributed by atoms with Gasteiger partial charge in [0.25, 0.3) is 0 Å². The maximum atomic E-state index is 6.21. The highest BCUT2D eigenvalue weighted by Crippen LogP contribution is 2.37. The summed E-state index contributed by atoms with van der Waals surface area (Å²) in [5.74, 6) is 2.10. The summed E-state index contributed by atoms with van der Waals surface area (Å²) in [6.07, 6.45) is 0. The van der Waals surface area contributed by atoms with Crippen LogP contribution in [0.1, 0.15) is 24.4 Å². The van der Waals surface area contributed by atoms with Gasteiger partial charge in [-0.15, -0.1) is 10.2 Å². The molecular weight excluding hydrogens is 354 g/mol. The van der Waals surface area contributed by atoms with Crippen molar-refractivity contribution < 1.29 is 13.9 Å². The molecule has 0 saturated carbocycles. The van der Waals surface area contributed by atoms with Crippen LogP contribution in [-0.2, 0) is 0 Å². The van der Waals surface area contributed by atoms with Crippen molar-refractivity contribution in [1.82, 2.24) is 10.2 Å². The van der Waals surface area contributed by atoms with Crippen molar-refractivity contribution in [3.8, 4) is 23.0 Å². The summed E-state index contributed by atoms with van der Waals surface area (Å²) in [5, 5.41) is 12.1. The van der Waals surface area contributed by atoms with Gasteiger partial charge in [-0.05, 0) is 32.0 Å². The summed E-state index contributed by atoms with van der Waals surface area (Å²) in [6, 6.07) is 11.2. The Hall–Kier alpha value is -2.73. The first-order valence-corrected chi connectivity index (χ1v) is 8.48. The number of benzene rings is 2. The average Bonchev–Trinajstić information content (AvgIpc) is 3.12. The number of hydrogen-bond donors (Lipinski definition) is 1. The number of hydrogen-bond acceptors (Lipinski definition) is 6. The Balaban J connectivity index is 1.83. The van der Waals surface area contributed by atoms with Crippen molar-refractivity contribution in [2.45, 2.75) is 19.9 Å². The van der Waals surface area contributed by atoms with E-state index in [1.165, 1.54) is 0 Å². The topological polar surface area (TPSA) is 69.4 Å². The van der Waals surface area contributed by atoms with Gasteiger partial charge in [-0.3, -0.25) is 0 Å². The lowest BCUT2D eigenvalue weighted by Crippen LogP contribution is -2.08. The molecular formula is C19H20ClN3O3. The summed E-state index contributed by atoms with van der Waals surface area (Å²) >= 11 is 6.21. The second kappa shape index (κ2) is 7.66. The van der Waals surface area contributed by atoms with E-state index in [4.69, 9.17) is 25.5 Å². The molecule has 0 bridgehead atoms. The van der Waals surface area contributed by atoms with E-state index >= 15 is 0 Å². The molecule has 0 amide bonds. The summed E-state index contributed by atoms with van der Waals surface area (Å²) in [6.45, 7) is 3.94. The van der Waals surface area contributed by atoms with Crippen LogP contribution in [0.25, 0.3) is 11.5 Å². The molecule has 3 rings (SSSR count). The summed E-state index contributed by atoms with van der Waals surface area (Å²) in [5.41, 5.74) is 2.73. The summed E-state index contributed by atoms with van der Waals surface area (Å²) in [7, 11) is 3.14. The second-order valence-corrected chi connectivity index (χ2v) is 6.28. The molecule has 0 aliphatic carbocycles. The minimum atomic E-state index is -0.237. The maximum absolute atomic E-state index is 6.21. The molecule has 1 aromatic heterocycles. The molecule has 0 aliphatic heterocycles. The fourth-order valence-corrected chi connectivity index (χ4v) is 2.81. The molecule has 0 saturated heterocycles. The fraction of sp³-hybridized carbons (Fsp3) is 0.263. The maximum Gasteiger partial charge on any atom is 0.247 e. The third-order valence-electron chi connectivity index (χ3n) is 3.92. The van der Waals surface area contributed by atoms with E-state index in [-0.39, 0.29) is 6.04 Å². The smallest absolute Gasteiger partial charge is 0.247 e. The van der Waals surface area contributed by atoms with Crippen LogP contribution in [0.4, 0.5) is 5.69 Å². The van der Waals surface area contributed by atoms with Gasteiger partial charge in [0.2, 0.25) is 11.8 Å². The van der Waals surface area contributed by atoms with Gasteiger partial charge in [-0.25, -0.2) is 0 Å². The molecule has 1 N–H and O–H groups in total. The number of anilines is 1. The zero-order valence-electron chi connectivity index (χ0n) is 15.0. The molecule has 0 spiro atoms. The van der Waals surface area contributed by atoms with Gasteiger partial charge in [0, 0.05) is 11.6 Å². The molecule has 1 atom stereocenters. The molecule has 0 radical (unpaired) electrons. The highest BCUT2D eigenvalue weighted by Gasteiger charge is 2.18. The van der Waals surface area contributed by atoms with Crippen molar-refractivity contribution in [2.24, 2.45) is 0 Å². The molecule has 26 heavy (non-hydrogen) atoms. The highest BCUT2D eigenvalue weighted by molar-refractivity contribution is 6.32. The van der Waals surface area contributed by atoms with Gasteiger partial charge >= 0.3 is 0 Å². The van der Waals surface area contributed by atoms with Crippen LogP contribution in [0.5, 0.6) is 11.5 Å². The molecule has 136 valence electrons. The third-order valence-corrected chi connectivity index (χ3v) is 4.22. The quantitative estimate of drug-likeness (QED) is 0.663. The van der Waals surface area contributed by atoms with Crippen LogP contribution in [-0.4, -0.2) is 24.4 Å². The van der Waals surface area contributed by atoms with Crippen molar-refractivity contribution in [3.05, 3.63) is 52.9 Å². The van der Waals surface area contributed by atoms with Crippen molar-refractivity contribution >= 4 is 17.3 Å². The molecule has 0 fully saturated rings. The zero-order valence-corrected chi connectivity index (χ0v) is 15.8. The standard InChI is InChI=1S/C19H20ClN3O3/c1-11-6-5-7-13(8-11)19-23-22-18(26-19)12(2)21-15-9-14(20)16(24-3)10-17(15)25-4/h5-10,12,21H,1-4H3. The molecule has 1 unspecified atom stereocenters. The SMILES string of the molecule is COc1cc(OC)c(NC(C)c2nnc(-c3cccc(C)c3)o2)cc1Cl. The Morgan fingerprint density at radius 2 is 1.85 bits per heavy atom. The van der Waals surface area contributed by atoms with Gasteiger partial charge < -0.3 is 19.2 Å². The normalized spacial score (nSPS) is 11.9. The summed E-state index contributed by atoms with van der Waals surface area (Å²) in [4.78, 5) is 0. The van der Waals surface area contributed by atoms with Crippen LogP contribution >= 0.6 is 11.6 Å². The minimum Gasteiger partial charge on any atom is -0.495 e. The molecule has 6 nitrogen and oxygen atoms in total. The third kappa shape index (κ3) is 3.75. The lowest BCUT2D eigenvalue weighted by molar-refractivity contribution is 0.395. The lowest BCUT2D eigenvalue weighted by atomic mass is 10.1. The Morgan fingerprint density at radius 3 is 2.54 bits per heavy atom. The summed E-state index contributed by atoms with van der Waals surface area (Å²) < 4.78 is 16.4. The minimum absolute atomic E-state index is 0.237. The van der Waals surface area contributed by atoms with E-state index in [1.54, 1.807) is 26.4 Å². The van der Waals surface area contributed by atoms with E-state index in [1.807, 2.05) is 38.1 Å². The first-order chi connectivity index (χ1) is 12.5. The largest absolute Gasteiger partial charge is 0.495 e. The number of nitrogens with zero attached hydrogens (tertiary/aromatic N) is 2. The number of halogens is 1. The molecule has 1 heterocycles. The van der Waals surface area contributed by atoms with E-state index in [0.29, 0.717) is 34.0 Å². The monoisotopic (exact) mass is 373 g/mol. The average molecular weight is 374 g/mol. The van der Waals surface area contributed by atoms with E-state index < -0.39 is 0 Å². The molecule has 0 aliphatic rings. The van der Waals surface area contributed by atoms with Gasteiger partial charge in [-0.2, -0.15) is 0 Å². The fourth-order valence-electron chi connectivity index (χ4n) is 2.57. The Labute approximate surface area is 157 Å². The number of methoxy groups -OCH3 is 2. The van der Waals surface area contributed by atoms with E-state index in [9.17, 15) is 0 Å². The molecule has 7 heteroatoms. The Bertz CT molecular complexity index is 911. The van der Waals surface area contributed by atoms with E-state index in [2.05, 4.69) is 15.5 Å². The van der Waals surface area contributed by atoms with Gasteiger partial charge in [0.1, 0.15) is 17.5 Å². The Kier molecular flexibility index (Phi) is 5.32. The van der Waals surface area contributed by atoms with Crippen LogP contribution in [0.3, 0.4) is 0 Å². The number of ether oxygens (including phenoxy) is 2. The molecule has 2 aromatic carbocycles. The Morgan fingerprint density at radius 1 is 1.08 bits per heavy atom. The van der Waals surface area contributed by atoms with Crippen LogP contribution < -0.4 is 14.8 Å². The lowest BCUT2D eigenvalue weighted by Gasteiger charge is -2.16. The van der Waals surface area contributed by atoms with Gasteiger partial charge in [0.05, 0.1) is 24.9 Å². The first-order valence-electron chi connectivity index (χ1n) is 8.10. The predicted octanol–water partition coefficient (Wildman–Crippen LogP) is 4.89. The zero-order chi connectivity index (χ0) is 18.7. The van der Waals surface area contributed by atoms with Gasteiger partial charge in [0.15, 0.2) is 0 Å². The number of rotatable bonds is 6. The van der Waals surface area contributed by atoms with Crippen molar-refractivity contribution in [1.29, 1.82) is 0 Å². The first kappa shape index (κ1) is 18.1. The van der Waals surface area contributed by atoms with E-state index in [0.717, 1.165) is 11.1 Å². The van der Waals surface area contributed by atoms with Crippen molar-refractivity contribution in [3.63, 3.8) is 0 Å². The predicted molar refractivity (Wildman–Crippen MR) is 101 cm³/mol. The highest BCUT2D eigenvalue weighted by atomic mass is 35.5. The van der Waals surface area contributed by atoms with Crippen molar-refractivity contribution in [2.75, 3.05) is 19.5 Å². The van der Waals surface area contributed by atoms with Gasteiger partial charge in [-0.1, -0.05) is 29.3 Å². The van der Waals surface area contributed by atoms with Crippen LogP contribution in [0.2, 0.25) is 5.02 Å². The van der Waals surface area contributed by atoms with Crippen LogP contribution in [0, 0.1) is 6.92 Å². The van der Waals surface area contributed by atoms with Crippen LogP contribution in [0.15, 0.2) is 40.8 Å². The number of aromatic nitrogens is 2. The molecule has 3 aromatic rings.